The molecule has 0 aliphatic heterocycles. The fourth-order valence-corrected chi connectivity index (χ4v) is 2.84. The lowest BCUT2D eigenvalue weighted by molar-refractivity contribution is 0.102. The van der Waals surface area contributed by atoms with Gasteiger partial charge in [0.15, 0.2) is 0 Å². The number of aromatic nitrogens is 2. The van der Waals surface area contributed by atoms with Gasteiger partial charge in [0.2, 0.25) is 0 Å². The molecule has 3 aromatic rings. The van der Waals surface area contributed by atoms with Crippen LogP contribution < -0.4 is 15.9 Å². The van der Waals surface area contributed by atoms with Crippen LogP contribution in [0.25, 0.3) is 11.0 Å². The number of nitrogens with zero attached hydrogens (tertiary/aromatic N) is 3. The summed E-state index contributed by atoms with van der Waals surface area (Å²) in [5, 5.41) is 2.75. The summed E-state index contributed by atoms with van der Waals surface area (Å²) in [5.41, 5.74) is 2.47. The zero-order chi connectivity index (χ0) is 18.3. The van der Waals surface area contributed by atoms with E-state index in [0.29, 0.717) is 11.2 Å². The summed E-state index contributed by atoms with van der Waals surface area (Å²) in [6.07, 6.45) is 0. The number of anilines is 2. The molecule has 0 spiro atoms. The maximum absolute atomic E-state index is 13.9. The molecular weight excluding hydrogens is 323 g/mol. The summed E-state index contributed by atoms with van der Waals surface area (Å²) in [6, 6.07) is 9.36. The molecule has 0 unspecified atom stereocenters. The van der Waals surface area contributed by atoms with E-state index in [4.69, 9.17) is 0 Å². The van der Waals surface area contributed by atoms with Gasteiger partial charge in [-0.3, -0.25) is 13.9 Å². The number of benzene rings is 2. The first kappa shape index (κ1) is 16.8. The van der Waals surface area contributed by atoms with Gasteiger partial charge in [-0.05, 0) is 24.3 Å². The number of aryl methyl sites for hydroxylation is 2. The highest BCUT2D eigenvalue weighted by Gasteiger charge is 2.17. The van der Waals surface area contributed by atoms with Crippen molar-refractivity contribution >= 4 is 28.3 Å². The monoisotopic (exact) mass is 342 g/mol. The minimum atomic E-state index is -0.584. The minimum Gasteiger partial charge on any atom is -0.376 e. The molecule has 7 heteroatoms. The predicted molar refractivity (Wildman–Crippen MR) is 96.8 cm³/mol. The van der Waals surface area contributed by atoms with Gasteiger partial charge >= 0.3 is 5.69 Å². The highest BCUT2D eigenvalue weighted by Crippen LogP contribution is 2.30. The maximum atomic E-state index is 13.9. The number of hydrogen-bond donors (Lipinski definition) is 1. The summed E-state index contributed by atoms with van der Waals surface area (Å²) >= 11 is 0. The van der Waals surface area contributed by atoms with Gasteiger partial charge < -0.3 is 10.2 Å². The van der Waals surface area contributed by atoms with Gasteiger partial charge in [0, 0.05) is 28.2 Å². The number of amides is 1. The molecule has 130 valence electrons. The second kappa shape index (κ2) is 6.08. The first-order valence-corrected chi connectivity index (χ1v) is 7.74. The lowest BCUT2D eigenvalue weighted by Crippen LogP contribution is -2.19. The molecule has 0 aliphatic carbocycles. The summed E-state index contributed by atoms with van der Waals surface area (Å²) in [6.45, 7) is 0. The second-order valence-electron chi connectivity index (χ2n) is 6.09. The van der Waals surface area contributed by atoms with Gasteiger partial charge in [-0.2, -0.15) is 0 Å². The van der Waals surface area contributed by atoms with Gasteiger partial charge in [0.1, 0.15) is 5.82 Å². The number of fused-ring (bicyclic) bond motifs is 1. The van der Waals surface area contributed by atoms with Crippen LogP contribution in [0.1, 0.15) is 10.4 Å². The second-order valence-corrected chi connectivity index (χ2v) is 6.09. The Hall–Kier alpha value is -3.09. The average molecular weight is 342 g/mol. The molecule has 6 nitrogen and oxygen atoms in total. The molecule has 1 aromatic heterocycles. The van der Waals surface area contributed by atoms with Crippen LogP contribution in [0, 0.1) is 5.82 Å². The Morgan fingerprint density at radius 2 is 1.68 bits per heavy atom. The van der Waals surface area contributed by atoms with E-state index in [1.165, 1.54) is 22.8 Å². The van der Waals surface area contributed by atoms with E-state index < -0.39 is 11.7 Å². The molecule has 2 aromatic carbocycles. The van der Waals surface area contributed by atoms with Gasteiger partial charge in [0.05, 0.1) is 28.0 Å². The lowest BCUT2D eigenvalue weighted by Gasteiger charge is -2.19. The van der Waals surface area contributed by atoms with Gasteiger partial charge in [0.25, 0.3) is 5.91 Å². The Balaban J connectivity index is 2.13. The third-order valence-corrected chi connectivity index (χ3v) is 4.24. The topological polar surface area (TPSA) is 59.3 Å². The number of halogens is 1. The summed E-state index contributed by atoms with van der Waals surface area (Å²) < 4.78 is 16.9. The van der Waals surface area contributed by atoms with E-state index in [-0.39, 0.29) is 11.3 Å². The SMILES string of the molecule is CN(C)c1cc2c(cc1NC(=O)c1ccccc1F)n(C)c(=O)n2C. The first-order valence-electron chi connectivity index (χ1n) is 7.74. The van der Waals surface area contributed by atoms with Gasteiger partial charge in [-0.1, -0.05) is 12.1 Å². The van der Waals surface area contributed by atoms with E-state index in [1.807, 2.05) is 25.1 Å². The molecule has 3 rings (SSSR count). The van der Waals surface area contributed by atoms with E-state index in [0.717, 1.165) is 11.2 Å². The van der Waals surface area contributed by atoms with E-state index in [2.05, 4.69) is 5.32 Å². The molecule has 1 heterocycles. The highest BCUT2D eigenvalue weighted by molar-refractivity contribution is 6.07. The number of rotatable bonds is 3. The molecule has 1 N–H and O–H groups in total. The van der Waals surface area contributed by atoms with Crippen molar-refractivity contribution in [2.45, 2.75) is 0 Å². The zero-order valence-corrected chi connectivity index (χ0v) is 14.5. The van der Waals surface area contributed by atoms with Crippen molar-refractivity contribution in [3.05, 3.63) is 58.3 Å². The quantitative estimate of drug-likeness (QED) is 0.795. The first-order chi connectivity index (χ1) is 11.8. The van der Waals surface area contributed by atoms with E-state index in [9.17, 15) is 14.0 Å². The van der Waals surface area contributed by atoms with Crippen molar-refractivity contribution in [2.24, 2.45) is 14.1 Å². The smallest absolute Gasteiger partial charge is 0.328 e. The van der Waals surface area contributed by atoms with Crippen molar-refractivity contribution in [1.82, 2.24) is 9.13 Å². The fourth-order valence-electron chi connectivity index (χ4n) is 2.84. The van der Waals surface area contributed by atoms with Crippen molar-refractivity contribution in [2.75, 3.05) is 24.3 Å². The molecule has 25 heavy (non-hydrogen) atoms. The Bertz CT molecular complexity index is 1030. The van der Waals surface area contributed by atoms with Gasteiger partial charge in [-0.25, -0.2) is 9.18 Å². The highest BCUT2D eigenvalue weighted by atomic mass is 19.1. The molecule has 0 saturated heterocycles. The predicted octanol–water partition coefficient (Wildman–Crippen LogP) is 2.33. The molecule has 0 atom stereocenters. The molecule has 0 aliphatic rings. The van der Waals surface area contributed by atoms with Crippen molar-refractivity contribution in [3.63, 3.8) is 0 Å². The Kier molecular flexibility index (Phi) is 4.08. The van der Waals surface area contributed by atoms with Crippen molar-refractivity contribution in [1.29, 1.82) is 0 Å². The maximum Gasteiger partial charge on any atom is 0.328 e. The van der Waals surface area contributed by atoms with Crippen LogP contribution in [0.4, 0.5) is 15.8 Å². The minimum absolute atomic E-state index is 0.0331. The van der Waals surface area contributed by atoms with Crippen molar-refractivity contribution in [3.8, 4) is 0 Å². The number of carbonyl (C=O) groups is 1. The molecule has 0 fully saturated rings. The van der Waals surface area contributed by atoms with E-state index in [1.54, 1.807) is 30.8 Å². The Morgan fingerprint density at radius 1 is 1.08 bits per heavy atom. The largest absolute Gasteiger partial charge is 0.376 e. The summed E-state index contributed by atoms with van der Waals surface area (Å²) in [5.74, 6) is -1.12. The van der Waals surface area contributed by atoms with Crippen LogP contribution in [0.3, 0.4) is 0 Å². The molecule has 1 amide bonds. The Labute approximate surface area is 144 Å². The lowest BCUT2D eigenvalue weighted by atomic mass is 10.1. The van der Waals surface area contributed by atoms with Gasteiger partial charge in [-0.15, -0.1) is 0 Å². The normalized spacial score (nSPS) is 10.9. The summed E-state index contributed by atoms with van der Waals surface area (Å²) in [7, 11) is 7.03. The fraction of sp³-hybridized carbons (Fsp3) is 0.222. The molecular formula is C18H19FN4O2. The van der Waals surface area contributed by atoms with Crippen LogP contribution in [0.15, 0.2) is 41.2 Å². The van der Waals surface area contributed by atoms with E-state index >= 15 is 0 Å². The molecule has 0 saturated carbocycles. The van der Waals surface area contributed by atoms with Crippen LogP contribution in [0.5, 0.6) is 0 Å². The van der Waals surface area contributed by atoms with Crippen LogP contribution >= 0.6 is 0 Å². The number of nitrogens with one attached hydrogen (secondary N) is 1. The molecule has 0 bridgehead atoms. The number of carbonyl (C=O) groups excluding carboxylic acids is 1. The average Bonchev–Trinajstić information content (AvgIpc) is 2.78. The third kappa shape index (κ3) is 2.77. The summed E-state index contributed by atoms with van der Waals surface area (Å²) in [4.78, 5) is 26.4. The van der Waals surface area contributed by atoms with Crippen LogP contribution in [-0.4, -0.2) is 29.1 Å². The Morgan fingerprint density at radius 3 is 2.28 bits per heavy atom. The third-order valence-electron chi connectivity index (χ3n) is 4.24. The van der Waals surface area contributed by atoms with Crippen LogP contribution in [0.2, 0.25) is 0 Å². The van der Waals surface area contributed by atoms with Crippen LogP contribution in [-0.2, 0) is 14.1 Å². The zero-order valence-electron chi connectivity index (χ0n) is 14.5. The number of imidazole rings is 1. The van der Waals surface area contributed by atoms with Crippen molar-refractivity contribution < 1.29 is 9.18 Å². The number of hydrogen-bond acceptors (Lipinski definition) is 3. The molecule has 0 radical (unpaired) electrons. The standard InChI is InChI=1S/C18H19FN4O2/c1-21(2)14-10-16-15(22(3)18(25)23(16)4)9-13(14)20-17(24)11-7-5-6-8-12(11)19/h5-10H,1-4H3,(H,20,24).